The SMILES string of the molecule is CCCCCCCN(C(=O)C(CC(C)C)NC(=O)OC(C)(C)C)C(C(=O)Nc1ccc(OC)cc1)c1cccc(C)c1. The Morgan fingerprint density at radius 1 is 0.952 bits per heavy atom. The topological polar surface area (TPSA) is 97.0 Å². The smallest absolute Gasteiger partial charge is 0.408 e. The maximum Gasteiger partial charge on any atom is 0.408 e. The van der Waals surface area contributed by atoms with E-state index in [9.17, 15) is 14.4 Å². The number of amides is 3. The van der Waals surface area contributed by atoms with Crippen LogP contribution in [0.15, 0.2) is 48.5 Å². The molecular weight excluding hydrogens is 530 g/mol. The highest BCUT2D eigenvalue weighted by Crippen LogP contribution is 2.27. The summed E-state index contributed by atoms with van der Waals surface area (Å²) in [4.78, 5) is 42.9. The van der Waals surface area contributed by atoms with E-state index in [1.165, 1.54) is 0 Å². The quantitative estimate of drug-likeness (QED) is 0.213. The fourth-order valence-electron chi connectivity index (χ4n) is 4.79. The van der Waals surface area contributed by atoms with E-state index < -0.39 is 23.8 Å². The predicted octanol–water partition coefficient (Wildman–Crippen LogP) is 7.42. The molecule has 0 bridgehead atoms. The number of hydrogen-bond donors (Lipinski definition) is 2. The van der Waals surface area contributed by atoms with Crippen LogP contribution in [0.3, 0.4) is 0 Å². The Hall–Kier alpha value is -3.55. The summed E-state index contributed by atoms with van der Waals surface area (Å²) in [6.45, 7) is 13.8. The van der Waals surface area contributed by atoms with Crippen molar-refractivity contribution in [3.8, 4) is 5.75 Å². The lowest BCUT2D eigenvalue weighted by molar-refractivity contribution is -0.141. The Morgan fingerprint density at radius 2 is 1.62 bits per heavy atom. The molecule has 0 spiro atoms. The molecule has 0 fully saturated rings. The molecule has 2 aromatic carbocycles. The number of carbonyl (C=O) groups excluding carboxylic acids is 3. The number of carbonyl (C=O) groups is 3. The molecular formula is C34H51N3O5. The van der Waals surface area contributed by atoms with Crippen LogP contribution in [0.4, 0.5) is 10.5 Å². The number of nitrogens with zero attached hydrogens (tertiary/aromatic N) is 1. The Morgan fingerprint density at radius 3 is 2.19 bits per heavy atom. The molecule has 3 amide bonds. The van der Waals surface area contributed by atoms with Crippen molar-refractivity contribution < 1.29 is 23.9 Å². The summed E-state index contributed by atoms with van der Waals surface area (Å²) in [6, 6.07) is 13.0. The van der Waals surface area contributed by atoms with Crippen LogP contribution >= 0.6 is 0 Å². The number of nitrogens with one attached hydrogen (secondary N) is 2. The highest BCUT2D eigenvalue weighted by molar-refractivity contribution is 5.99. The van der Waals surface area contributed by atoms with Crippen LogP contribution < -0.4 is 15.4 Å². The minimum absolute atomic E-state index is 0.117. The molecule has 2 aromatic rings. The van der Waals surface area contributed by atoms with Gasteiger partial charge < -0.3 is 25.0 Å². The Balaban J connectivity index is 2.52. The lowest BCUT2D eigenvalue weighted by Crippen LogP contribution is -2.53. The second-order valence-corrected chi connectivity index (χ2v) is 12.3. The third-order valence-electron chi connectivity index (χ3n) is 6.76. The van der Waals surface area contributed by atoms with Crippen molar-refractivity contribution in [1.82, 2.24) is 10.2 Å². The van der Waals surface area contributed by atoms with Gasteiger partial charge in [0.05, 0.1) is 7.11 Å². The number of hydrogen-bond acceptors (Lipinski definition) is 5. The first-order valence-corrected chi connectivity index (χ1v) is 15.2. The lowest BCUT2D eigenvalue weighted by Gasteiger charge is -2.35. The van der Waals surface area contributed by atoms with Crippen molar-refractivity contribution in [2.24, 2.45) is 5.92 Å². The first-order valence-electron chi connectivity index (χ1n) is 15.2. The minimum Gasteiger partial charge on any atom is -0.497 e. The number of benzene rings is 2. The van der Waals surface area contributed by atoms with Gasteiger partial charge in [-0.1, -0.05) is 76.3 Å². The number of methoxy groups -OCH3 is 1. The van der Waals surface area contributed by atoms with Crippen LogP contribution in [-0.4, -0.2) is 48.1 Å². The molecule has 0 saturated carbocycles. The van der Waals surface area contributed by atoms with Crippen molar-refractivity contribution in [3.63, 3.8) is 0 Å². The van der Waals surface area contributed by atoms with Crippen molar-refractivity contribution in [2.45, 2.75) is 105 Å². The van der Waals surface area contributed by atoms with Gasteiger partial charge in [0.25, 0.3) is 5.91 Å². The van der Waals surface area contributed by atoms with Gasteiger partial charge in [-0.05, 0) is 76.3 Å². The van der Waals surface area contributed by atoms with E-state index in [0.29, 0.717) is 30.0 Å². The zero-order valence-electron chi connectivity index (χ0n) is 26.8. The van der Waals surface area contributed by atoms with E-state index in [-0.39, 0.29) is 17.7 Å². The maximum absolute atomic E-state index is 14.4. The van der Waals surface area contributed by atoms with Crippen LogP contribution in [0.1, 0.15) is 97.2 Å². The fourth-order valence-corrected chi connectivity index (χ4v) is 4.79. The van der Waals surface area contributed by atoms with E-state index in [4.69, 9.17) is 9.47 Å². The van der Waals surface area contributed by atoms with Crippen molar-refractivity contribution in [1.29, 1.82) is 0 Å². The van der Waals surface area contributed by atoms with Crippen LogP contribution in [0.5, 0.6) is 5.75 Å². The Kier molecular flexibility index (Phi) is 13.8. The Labute approximate surface area is 252 Å². The van der Waals surface area contributed by atoms with E-state index in [0.717, 1.165) is 37.7 Å². The number of ether oxygens (including phenoxy) is 2. The third kappa shape index (κ3) is 11.7. The van der Waals surface area contributed by atoms with Gasteiger partial charge in [0.2, 0.25) is 5.91 Å². The molecule has 0 saturated heterocycles. The molecule has 8 heteroatoms. The van der Waals surface area contributed by atoms with Crippen LogP contribution in [0.25, 0.3) is 0 Å². The van der Waals surface area contributed by atoms with E-state index in [1.807, 2.05) is 45.0 Å². The van der Waals surface area contributed by atoms with Gasteiger partial charge in [-0.3, -0.25) is 9.59 Å². The van der Waals surface area contributed by atoms with Crippen molar-refractivity contribution in [2.75, 3.05) is 19.0 Å². The standard InChI is InChI=1S/C34H51N3O5/c1-9-10-11-12-13-21-37(32(39)29(22-24(2)3)36-33(40)42-34(5,6)7)30(26-16-14-15-25(4)23-26)31(38)35-27-17-19-28(41-8)20-18-27/h14-20,23-24,29-30H,9-13,21-22H2,1-8H3,(H,35,38)(H,36,40). The molecule has 0 aliphatic carbocycles. The largest absolute Gasteiger partial charge is 0.497 e. The molecule has 0 radical (unpaired) electrons. The number of rotatable bonds is 15. The number of alkyl carbamates (subject to hydrolysis) is 1. The molecule has 0 aliphatic heterocycles. The summed E-state index contributed by atoms with van der Waals surface area (Å²) in [7, 11) is 1.59. The van der Waals surface area contributed by atoms with E-state index >= 15 is 0 Å². The monoisotopic (exact) mass is 581 g/mol. The van der Waals surface area contributed by atoms with Gasteiger partial charge in [0, 0.05) is 12.2 Å². The summed E-state index contributed by atoms with van der Waals surface area (Å²) in [5.41, 5.74) is 1.58. The summed E-state index contributed by atoms with van der Waals surface area (Å²) < 4.78 is 10.8. The van der Waals surface area contributed by atoms with Gasteiger partial charge in [-0.25, -0.2) is 4.79 Å². The summed E-state index contributed by atoms with van der Waals surface area (Å²) >= 11 is 0. The van der Waals surface area contributed by atoms with Gasteiger partial charge in [-0.2, -0.15) is 0 Å². The van der Waals surface area contributed by atoms with Gasteiger partial charge >= 0.3 is 6.09 Å². The van der Waals surface area contributed by atoms with E-state index in [1.54, 1.807) is 57.0 Å². The average Bonchev–Trinajstić information content (AvgIpc) is 2.90. The zero-order chi connectivity index (χ0) is 31.3. The molecule has 0 heterocycles. The fraction of sp³-hybridized carbons (Fsp3) is 0.559. The molecule has 232 valence electrons. The second-order valence-electron chi connectivity index (χ2n) is 12.3. The molecule has 2 atom stereocenters. The Bertz CT molecular complexity index is 1140. The third-order valence-corrected chi connectivity index (χ3v) is 6.76. The zero-order valence-corrected chi connectivity index (χ0v) is 26.8. The molecule has 42 heavy (non-hydrogen) atoms. The molecule has 2 N–H and O–H groups in total. The van der Waals surface area contributed by atoms with Crippen LogP contribution in [0.2, 0.25) is 0 Å². The molecule has 2 unspecified atom stereocenters. The molecule has 0 aliphatic rings. The van der Waals surface area contributed by atoms with Gasteiger partial charge in [0.1, 0.15) is 23.4 Å². The number of unbranched alkanes of at least 4 members (excludes halogenated alkanes) is 4. The normalized spacial score (nSPS) is 12.8. The van der Waals surface area contributed by atoms with E-state index in [2.05, 4.69) is 17.6 Å². The first kappa shape index (κ1) is 34.7. The predicted molar refractivity (Wildman–Crippen MR) is 169 cm³/mol. The second kappa shape index (κ2) is 16.8. The highest BCUT2D eigenvalue weighted by Gasteiger charge is 2.36. The van der Waals surface area contributed by atoms with Crippen molar-refractivity contribution >= 4 is 23.6 Å². The van der Waals surface area contributed by atoms with Crippen LogP contribution in [0, 0.1) is 12.8 Å². The number of aryl methyl sites for hydroxylation is 1. The molecule has 2 rings (SSSR count). The van der Waals surface area contributed by atoms with Crippen molar-refractivity contribution in [3.05, 3.63) is 59.7 Å². The first-order chi connectivity index (χ1) is 19.8. The molecule has 0 aromatic heterocycles. The summed E-state index contributed by atoms with van der Waals surface area (Å²) in [5.74, 6) is 0.164. The van der Waals surface area contributed by atoms with Crippen LogP contribution in [-0.2, 0) is 14.3 Å². The summed E-state index contributed by atoms with van der Waals surface area (Å²) in [5, 5.41) is 5.83. The van der Waals surface area contributed by atoms with Gasteiger partial charge in [-0.15, -0.1) is 0 Å². The summed E-state index contributed by atoms with van der Waals surface area (Å²) in [6.07, 6.45) is 4.71. The highest BCUT2D eigenvalue weighted by atomic mass is 16.6. The molecule has 8 nitrogen and oxygen atoms in total. The van der Waals surface area contributed by atoms with Gasteiger partial charge in [0.15, 0.2) is 0 Å². The minimum atomic E-state index is -0.902. The average molecular weight is 582 g/mol. The maximum atomic E-state index is 14.4. The number of anilines is 1. The lowest BCUT2D eigenvalue weighted by atomic mass is 9.97.